The normalized spacial score (nSPS) is 20.2. The number of fused-ring (bicyclic) bond motifs is 1. The molecule has 0 aliphatic carbocycles. The minimum Gasteiger partial charge on any atom is -0.394 e. The van der Waals surface area contributed by atoms with Crippen LogP contribution in [0.3, 0.4) is 0 Å². The number of anilines is 1. The fourth-order valence-electron chi connectivity index (χ4n) is 1.66. The molecule has 1 N–H and O–H groups in total. The highest BCUT2D eigenvalue weighted by Gasteiger charge is 2.16. The lowest BCUT2D eigenvalue weighted by Gasteiger charge is -2.30. The summed E-state index contributed by atoms with van der Waals surface area (Å²) >= 11 is 0. The van der Waals surface area contributed by atoms with E-state index < -0.39 is 0 Å². The molecule has 2 nitrogen and oxygen atoms in total. The highest BCUT2D eigenvalue weighted by Crippen LogP contribution is 2.26. The lowest BCUT2D eigenvalue weighted by Crippen LogP contribution is -2.35. The lowest BCUT2D eigenvalue weighted by atomic mass is 10.0. The first-order valence-corrected chi connectivity index (χ1v) is 4.44. The Labute approximate surface area is 78.1 Å². The zero-order valence-corrected chi connectivity index (χ0v) is 7.64. The molecule has 68 valence electrons. The number of hydrogen-bond donors (Lipinski definition) is 1. The number of para-hydroxylation sites is 1. The van der Waals surface area contributed by atoms with E-state index in [2.05, 4.69) is 23.1 Å². The van der Waals surface area contributed by atoms with E-state index in [0.717, 1.165) is 0 Å². The summed E-state index contributed by atoms with van der Waals surface area (Å²) in [5.74, 6) is 0. The predicted molar refractivity (Wildman–Crippen MR) is 54.8 cm³/mol. The van der Waals surface area contributed by atoms with Crippen LogP contribution in [0.2, 0.25) is 0 Å². The van der Waals surface area contributed by atoms with Gasteiger partial charge in [-0.2, -0.15) is 0 Å². The van der Waals surface area contributed by atoms with Crippen LogP contribution in [-0.2, 0) is 0 Å². The molecule has 2 heteroatoms. The maximum Gasteiger partial charge on any atom is 0.0704 e. The molecule has 2 rings (SSSR count). The molecule has 1 aliphatic heterocycles. The van der Waals surface area contributed by atoms with Crippen LogP contribution in [0.15, 0.2) is 30.3 Å². The van der Waals surface area contributed by atoms with Gasteiger partial charge in [0.25, 0.3) is 0 Å². The smallest absolute Gasteiger partial charge is 0.0704 e. The number of aliphatic hydroxyl groups excluding tert-OH is 1. The summed E-state index contributed by atoms with van der Waals surface area (Å²) in [6, 6.07) is 8.31. The standard InChI is InChI=1S/C11H13NO/c1-12-10(8-13)7-6-9-4-2-3-5-11(9)12/h2-7,10,13H,8H2,1H3. The monoisotopic (exact) mass is 175 g/mol. The SMILES string of the molecule is CN1c2ccccc2C=CC1CO. The molecule has 0 fully saturated rings. The summed E-state index contributed by atoms with van der Waals surface area (Å²) in [4.78, 5) is 2.09. The van der Waals surface area contributed by atoms with E-state index in [1.54, 1.807) is 0 Å². The quantitative estimate of drug-likeness (QED) is 0.699. The molecule has 1 heterocycles. The number of likely N-dealkylation sites (N-methyl/N-ethyl adjacent to an activating group) is 1. The van der Waals surface area contributed by atoms with Crippen LogP contribution < -0.4 is 4.90 Å². The molecular weight excluding hydrogens is 162 g/mol. The van der Waals surface area contributed by atoms with Crippen LogP contribution in [0.4, 0.5) is 5.69 Å². The zero-order valence-electron chi connectivity index (χ0n) is 7.64. The molecule has 1 atom stereocenters. The molecule has 0 radical (unpaired) electrons. The Morgan fingerprint density at radius 3 is 2.92 bits per heavy atom. The predicted octanol–water partition coefficient (Wildman–Crippen LogP) is 1.51. The van der Waals surface area contributed by atoms with Crippen molar-refractivity contribution in [2.75, 3.05) is 18.6 Å². The van der Waals surface area contributed by atoms with Crippen molar-refractivity contribution in [3.8, 4) is 0 Å². The van der Waals surface area contributed by atoms with Gasteiger partial charge in [-0.15, -0.1) is 0 Å². The number of aliphatic hydroxyl groups is 1. The van der Waals surface area contributed by atoms with Gasteiger partial charge in [0.05, 0.1) is 12.6 Å². The van der Waals surface area contributed by atoms with E-state index in [1.807, 2.05) is 25.3 Å². The second kappa shape index (κ2) is 3.23. The van der Waals surface area contributed by atoms with E-state index in [4.69, 9.17) is 5.11 Å². The summed E-state index contributed by atoms with van der Waals surface area (Å²) in [6.07, 6.45) is 4.10. The third-order valence-corrected chi connectivity index (χ3v) is 2.50. The third-order valence-electron chi connectivity index (χ3n) is 2.50. The Morgan fingerprint density at radius 2 is 2.15 bits per heavy atom. The van der Waals surface area contributed by atoms with Gasteiger partial charge in [-0.3, -0.25) is 0 Å². The van der Waals surface area contributed by atoms with Crippen molar-refractivity contribution in [2.45, 2.75) is 6.04 Å². The summed E-state index contributed by atoms with van der Waals surface area (Å²) in [5.41, 5.74) is 2.40. The second-order valence-electron chi connectivity index (χ2n) is 3.28. The summed E-state index contributed by atoms with van der Waals surface area (Å²) in [6.45, 7) is 0.168. The van der Waals surface area contributed by atoms with Gasteiger partial charge in [0.15, 0.2) is 0 Å². The Balaban J connectivity index is 2.42. The molecule has 1 aromatic carbocycles. The number of hydrogen-bond acceptors (Lipinski definition) is 2. The molecule has 1 aliphatic rings. The maximum atomic E-state index is 9.09. The van der Waals surface area contributed by atoms with Gasteiger partial charge < -0.3 is 10.0 Å². The molecule has 13 heavy (non-hydrogen) atoms. The average molecular weight is 175 g/mol. The van der Waals surface area contributed by atoms with Crippen molar-refractivity contribution in [1.82, 2.24) is 0 Å². The Morgan fingerprint density at radius 1 is 1.38 bits per heavy atom. The van der Waals surface area contributed by atoms with Crippen molar-refractivity contribution in [2.24, 2.45) is 0 Å². The Bertz CT molecular complexity index is 333. The first kappa shape index (κ1) is 8.32. The largest absolute Gasteiger partial charge is 0.394 e. The van der Waals surface area contributed by atoms with Crippen LogP contribution in [-0.4, -0.2) is 24.8 Å². The van der Waals surface area contributed by atoms with E-state index >= 15 is 0 Å². The van der Waals surface area contributed by atoms with Gasteiger partial charge in [0, 0.05) is 12.7 Å². The number of nitrogens with zero attached hydrogens (tertiary/aromatic N) is 1. The molecule has 0 amide bonds. The fourth-order valence-corrected chi connectivity index (χ4v) is 1.66. The van der Waals surface area contributed by atoms with Crippen molar-refractivity contribution in [3.63, 3.8) is 0 Å². The van der Waals surface area contributed by atoms with Gasteiger partial charge in [-0.25, -0.2) is 0 Å². The van der Waals surface area contributed by atoms with Crippen molar-refractivity contribution in [1.29, 1.82) is 0 Å². The lowest BCUT2D eigenvalue weighted by molar-refractivity contribution is 0.280. The summed E-state index contributed by atoms with van der Waals surface area (Å²) in [7, 11) is 2.00. The van der Waals surface area contributed by atoms with Gasteiger partial charge >= 0.3 is 0 Å². The summed E-state index contributed by atoms with van der Waals surface area (Å²) in [5, 5.41) is 9.09. The molecule has 0 aromatic heterocycles. The molecule has 0 bridgehead atoms. The summed E-state index contributed by atoms with van der Waals surface area (Å²) < 4.78 is 0. The van der Waals surface area contributed by atoms with Crippen molar-refractivity contribution >= 4 is 11.8 Å². The van der Waals surface area contributed by atoms with Crippen LogP contribution in [0.5, 0.6) is 0 Å². The van der Waals surface area contributed by atoms with Gasteiger partial charge in [-0.1, -0.05) is 30.4 Å². The molecule has 0 spiro atoms. The topological polar surface area (TPSA) is 23.5 Å². The minimum atomic E-state index is 0.120. The second-order valence-corrected chi connectivity index (χ2v) is 3.28. The van der Waals surface area contributed by atoms with Gasteiger partial charge in [-0.05, 0) is 11.6 Å². The Kier molecular flexibility index (Phi) is 2.07. The molecule has 1 unspecified atom stereocenters. The number of rotatable bonds is 1. The van der Waals surface area contributed by atoms with E-state index in [0.29, 0.717) is 0 Å². The van der Waals surface area contributed by atoms with Crippen LogP contribution in [0, 0.1) is 0 Å². The number of benzene rings is 1. The Hall–Kier alpha value is -1.28. The fraction of sp³-hybridized carbons (Fsp3) is 0.273. The van der Waals surface area contributed by atoms with Crippen LogP contribution in [0.1, 0.15) is 5.56 Å². The minimum absolute atomic E-state index is 0.120. The van der Waals surface area contributed by atoms with Crippen molar-refractivity contribution in [3.05, 3.63) is 35.9 Å². The van der Waals surface area contributed by atoms with Gasteiger partial charge in [0.1, 0.15) is 0 Å². The highest BCUT2D eigenvalue weighted by molar-refractivity contribution is 5.71. The van der Waals surface area contributed by atoms with Crippen LogP contribution >= 0.6 is 0 Å². The molecule has 0 saturated heterocycles. The van der Waals surface area contributed by atoms with Crippen molar-refractivity contribution < 1.29 is 5.11 Å². The van der Waals surface area contributed by atoms with E-state index in [9.17, 15) is 0 Å². The average Bonchev–Trinajstić information content (AvgIpc) is 2.19. The molecular formula is C11H13NO. The van der Waals surface area contributed by atoms with E-state index in [-0.39, 0.29) is 12.6 Å². The van der Waals surface area contributed by atoms with E-state index in [1.165, 1.54) is 11.3 Å². The van der Waals surface area contributed by atoms with Crippen LogP contribution in [0.25, 0.3) is 6.08 Å². The zero-order chi connectivity index (χ0) is 9.26. The third kappa shape index (κ3) is 1.33. The first-order chi connectivity index (χ1) is 6.33. The highest BCUT2D eigenvalue weighted by atomic mass is 16.3. The first-order valence-electron chi connectivity index (χ1n) is 4.44. The van der Waals surface area contributed by atoms with Gasteiger partial charge in [0.2, 0.25) is 0 Å². The molecule has 0 saturated carbocycles. The maximum absolute atomic E-state index is 9.09. The molecule has 1 aromatic rings.